The lowest BCUT2D eigenvalue weighted by atomic mass is 10.0. The van der Waals surface area contributed by atoms with Crippen molar-refractivity contribution >= 4 is 11.9 Å². The quantitative estimate of drug-likeness (QED) is 0.278. The highest BCUT2D eigenvalue weighted by Gasteiger charge is 2.10. The van der Waals surface area contributed by atoms with Gasteiger partial charge in [-0.2, -0.15) is 0 Å². The summed E-state index contributed by atoms with van der Waals surface area (Å²) >= 11 is 0. The Morgan fingerprint density at radius 1 is 1.03 bits per heavy atom. The number of amides is 1. The number of rotatable bonds is 10. The van der Waals surface area contributed by atoms with Crippen LogP contribution in [-0.4, -0.2) is 56.9 Å². The van der Waals surface area contributed by atoms with Gasteiger partial charge in [0.1, 0.15) is 5.75 Å². The molecule has 1 amide bonds. The van der Waals surface area contributed by atoms with E-state index in [0.29, 0.717) is 36.9 Å². The Morgan fingerprint density at radius 3 is 2.34 bits per heavy atom. The second-order valence-electron chi connectivity index (χ2n) is 6.42. The lowest BCUT2D eigenvalue weighted by Gasteiger charge is -2.15. The number of aliphatic hydroxyl groups excluding tert-OH is 1. The molecule has 0 fully saturated rings. The minimum absolute atomic E-state index is 0.0326. The molecule has 7 heteroatoms. The lowest BCUT2D eigenvalue weighted by molar-refractivity contribution is 0.0954. The minimum Gasteiger partial charge on any atom is -0.497 e. The molecule has 0 aliphatic rings. The smallest absolute Gasteiger partial charge is 0.251 e. The molecule has 0 saturated heterocycles. The van der Waals surface area contributed by atoms with Gasteiger partial charge in [-0.15, -0.1) is 0 Å². The number of methoxy groups -OCH3 is 1. The third-order valence-corrected chi connectivity index (χ3v) is 4.36. The molecule has 7 nitrogen and oxygen atoms in total. The van der Waals surface area contributed by atoms with Crippen LogP contribution in [-0.2, 0) is 0 Å². The summed E-state index contributed by atoms with van der Waals surface area (Å²) in [5, 5.41) is 18.9. The van der Waals surface area contributed by atoms with Gasteiger partial charge in [0.2, 0.25) is 0 Å². The summed E-state index contributed by atoms with van der Waals surface area (Å²) in [5.74, 6) is 1.18. The number of nitrogens with one attached hydrogen (secondary N) is 3. The number of carbonyl (C=O) groups is 1. The molecule has 0 aliphatic heterocycles. The molecule has 4 N–H and O–H groups in total. The molecule has 0 aromatic heterocycles. The third kappa shape index (κ3) is 7.46. The molecule has 2 rings (SSSR count). The molecule has 1 atom stereocenters. The number of aliphatic imine (C=N–C) groups is 1. The predicted octanol–water partition coefficient (Wildman–Crippen LogP) is 1.76. The average Bonchev–Trinajstić information content (AvgIpc) is 2.77. The van der Waals surface area contributed by atoms with Crippen molar-refractivity contribution in [2.24, 2.45) is 4.99 Å². The molecule has 29 heavy (non-hydrogen) atoms. The van der Waals surface area contributed by atoms with E-state index in [9.17, 15) is 9.90 Å². The number of benzene rings is 2. The Kier molecular flexibility index (Phi) is 9.51. The van der Waals surface area contributed by atoms with Gasteiger partial charge in [-0.3, -0.25) is 9.79 Å². The van der Waals surface area contributed by atoms with Crippen LogP contribution in [0.5, 0.6) is 5.75 Å². The predicted molar refractivity (Wildman–Crippen MR) is 116 cm³/mol. The van der Waals surface area contributed by atoms with Crippen molar-refractivity contribution in [3.05, 3.63) is 65.7 Å². The lowest BCUT2D eigenvalue weighted by Crippen LogP contribution is -2.41. The first-order valence-electron chi connectivity index (χ1n) is 9.78. The Balaban J connectivity index is 1.81. The molecule has 156 valence electrons. The molecule has 0 bridgehead atoms. The van der Waals surface area contributed by atoms with Crippen molar-refractivity contribution in [3.8, 4) is 5.75 Å². The third-order valence-electron chi connectivity index (χ3n) is 4.36. The maximum atomic E-state index is 12.2. The van der Waals surface area contributed by atoms with Gasteiger partial charge in [0.25, 0.3) is 5.91 Å². The van der Waals surface area contributed by atoms with Crippen LogP contribution in [0.1, 0.15) is 28.8 Å². The van der Waals surface area contributed by atoms with Crippen LogP contribution in [0.25, 0.3) is 0 Å². The number of guanidine groups is 1. The highest BCUT2D eigenvalue weighted by molar-refractivity contribution is 5.94. The van der Waals surface area contributed by atoms with E-state index in [-0.39, 0.29) is 18.4 Å². The van der Waals surface area contributed by atoms with Crippen molar-refractivity contribution < 1.29 is 14.6 Å². The van der Waals surface area contributed by atoms with Crippen LogP contribution in [0.3, 0.4) is 0 Å². The first-order valence-corrected chi connectivity index (χ1v) is 9.78. The summed E-state index contributed by atoms with van der Waals surface area (Å²) in [6.07, 6.45) is 0. The molecule has 0 spiro atoms. The Hall–Kier alpha value is -3.06. The summed E-state index contributed by atoms with van der Waals surface area (Å²) in [6, 6.07) is 16.8. The normalized spacial score (nSPS) is 12.2. The first-order chi connectivity index (χ1) is 14.2. The Labute approximate surface area is 172 Å². The number of nitrogens with zero attached hydrogens (tertiary/aromatic N) is 1. The van der Waals surface area contributed by atoms with Gasteiger partial charge < -0.3 is 25.8 Å². The Morgan fingerprint density at radius 2 is 1.72 bits per heavy atom. The second kappa shape index (κ2) is 12.4. The summed E-state index contributed by atoms with van der Waals surface area (Å²) in [7, 11) is 1.59. The molecular weight excluding hydrogens is 368 g/mol. The van der Waals surface area contributed by atoms with Crippen LogP contribution in [0.2, 0.25) is 0 Å². The molecule has 2 aromatic carbocycles. The monoisotopic (exact) mass is 398 g/mol. The average molecular weight is 399 g/mol. The molecule has 0 radical (unpaired) electrons. The van der Waals surface area contributed by atoms with Gasteiger partial charge in [0.15, 0.2) is 5.96 Å². The fourth-order valence-corrected chi connectivity index (χ4v) is 2.74. The fourth-order valence-electron chi connectivity index (χ4n) is 2.74. The SMILES string of the molecule is CCNC(=NCC(CO)c1ccccc1)NCCNC(=O)c1ccc(OC)cc1. The zero-order valence-corrected chi connectivity index (χ0v) is 17.0. The molecule has 2 aromatic rings. The van der Waals surface area contributed by atoms with E-state index in [0.717, 1.165) is 12.1 Å². The Bertz CT molecular complexity index is 763. The van der Waals surface area contributed by atoms with Crippen LogP contribution < -0.4 is 20.7 Å². The maximum absolute atomic E-state index is 12.2. The highest BCUT2D eigenvalue weighted by atomic mass is 16.5. The van der Waals surface area contributed by atoms with Gasteiger partial charge in [-0.1, -0.05) is 30.3 Å². The van der Waals surface area contributed by atoms with Crippen LogP contribution in [0, 0.1) is 0 Å². The van der Waals surface area contributed by atoms with Gasteiger partial charge in [-0.25, -0.2) is 0 Å². The fraction of sp³-hybridized carbons (Fsp3) is 0.364. The zero-order valence-electron chi connectivity index (χ0n) is 17.0. The van der Waals surface area contributed by atoms with Crippen LogP contribution >= 0.6 is 0 Å². The van der Waals surface area contributed by atoms with Crippen molar-refractivity contribution in [1.82, 2.24) is 16.0 Å². The van der Waals surface area contributed by atoms with Crippen molar-refractivity contribution in [2.45, 2.75) is 12.8 Å². The molecule has 1 unspecified atom stereocenters. The second-order valence-corrected chi connectivity index (χ2v) is 6.42. The van der Waals surface area contributed by atoms with Crippen molar-refractivity contribution in [3.63, 3.8) is 0 Å². The molecule has 0 saturated carbocycles. The number of carbonyl (C=O) groups excluding carboxylic acids is 1. The topological polar surface area (TPSA) is 95.0 Å². The van der Waals surface area contributed by atoms with Crippen LogP contribution in [0.4, 0.5) is 0 Å². The van der Waals surface area contributed by atoms with E-state index < -0.39 is 0 Å². The zero-order chi connectivity index (χ0) is 20.9. The summed E-state index contributed by atoms with van der Waals surface area (Å²) < 4.78 is 5.10. The van der Waals surface area contributed by atoms with Crippen molar-refractivity contribution in [2.75, 3.05) is 39.9 Å². The van der Waals surface area contributed by atoms with E-state index >= 15 is 0 Å². The van der Waals surface area contributed by atoms with Gasteiger partial charge in [-0.05, 0) is 36.8 Å². The summed E-state index contributed by atoms with van der Waals surface area (Å²) in [5.41, 5.74) is 1.64. The van der Waals surface area contributed by atoms with Gasteiger partial charge in [0, 0.05) is 31.1 Å². The largest absolute Gasteiger partial charge is 0.497 e. The number of aliphatic hydroxyl groups is 1. The molecular formula is C22H30N4O3. The van der Waals surface area contributed by atoms with E-state index in [4.69, 9.17) is 4.74 Å². The summed E-state index contributed by atoms with van der Waals surface area (Å²) in [4.78, 5) is 16.7. The number of hydrogen-bond donors (Lipinski definition) is 4. The standard InChI is InChI=1S/C22H30N4O3/c1-3-23-22(26-15-19(16-27)17-7-5-4-6-8-17)25-14-13-24-21(28)18-9-11-20(29-2)12-10-18/h4-12,19,27H,3,13-16H2,1-2H3,(H,24,28)(H2,23,25,26). The van der Waals surface area contributed by atoms with Crippen molar-refractivity contribution in [1.29, 1.82) is 0 Å². The van der Waals surface area contributed by atoms with E-state index in [2.05, 4.69) is 20.9 Å². The van der Waals surface area contributed by atoms with E-state index in [1.807, 2.05) is 37.3 Å². The molecule has 0 heterocycles. The first kappa shape index (κ1) is 22.2. The number of ether oxygens (including phenoxy) is 1. The van der Waals surface area contributed by atoms with Gasteiger partial charge in [0.05, 0.1) is 20.3 Å². The number of hydrogen-bond acceptors (Lipinski definition) is 4. The maximum Gasteiger partial charge on any atom is 0.251 e. The minimum atomic E-state index is -0.138. The van der Waals surface area contributed by atoms with E-state index in [1.165, 1.54) is 0 Å². The van der Waals surface area contributed by atoms with Gasteiger partial charge >= 0.3 is 0 Å². The summed E-state index contributed by atoms with van der Waals surface area (Å²) in [6.45, 7) is 4.20. The highest BCUT2D eigenvalue weighted by Crippen LogP contribution is 2.15. The van der Waals surface area contributed by atoms with E-state index in [1.54, 1.807) is 31.4 Å². The van der Waals surface area contributed by atoms with Crippen LogP contribution in [0.15, 0.2) is 59.6 Å². The molecule has 0 aliphatic carbocycles.